The summed E-state index contributed by atoms with van der Waals surface area (Å²) in [7, 11) is 0. The van der Waals surface area contributed by atoms with Crippen molar-refractivity contribution >= 4 is 11.9 Å². The zero-order chi connectivity index (χ0) is 13.8. The molecule has 1 unspecified atom stereocenters. The first-order chi connectivity index (χ1) is 9.11. The number of nitrogens with zero attached hydrogens (tertiary/aromatic N) is 3. The van der Waals surface area contributed by atoms with Gasteiger partial charge in [0.25, 0.3) is 0 Å². The van der Waals surface area contributed by atoms with E-state index in [1.165, 1.54) is 0 Å². The minimum absolute atomic E-state index is 0.175. The summed E-state index contributed by atoms with van der Waals surface area (Å²) in [5, 5.41) is 11.6. The first-order valence-electron chi connectivity index (χ1n) is 6.34. The van der Waals surface area contributed by atoms with Gasteiger partial charge in [-0.1, -0.05) is 0 Å². The molecule has 0 aromatic carbocycles. The summed E-state index contributed by atoms with van der Waals surface area (Å²) in [6, 6.07) is -0.605. The van der Waals surface area contributed by atoms with E-state index in [4.69, 9.17) is 5.11 Å². The number of aromatic nitrogens is 2. The van der Waals surface area contributed by atoms with Crippen molar-refractivity contribution in [1.82, 2.24) is 19.8 Å². The molecule has 7 heteroatoms. The highest BCUT2D eigenvalue weighted by molar-refractivity contribution is 5.86. The second-order valence-corrected chi connectivity index (χ2v) is 4.55. The van der Waals surface area contributed by atoms with Crippen molar-refractivity contribution in [2.75, 3.05) is 13.1 Å². The molecular weight excluding hydrogens is 248 g/mol. The third-order valence-corrected chi connectivity index (χ3v) is 3.31. The molecular formula is C12H18N4O3. The maximum absolute atomic E-state index is 11.8. The molecule has 0 aliphatic carbocycles. The summed E-state index contributed by atoms with van der Waals surface area (Å²) in [6.07, 6.45) is 3.32. The fourth-order valence-corrected chi connectivity index (χ4v) is 2.31. The Kier molecular flexibility index (Phi) is 4.16. The molecule has 1 aliphatic heterocycles. The van der Waals surface area contributed by atoms with Crippen molar-refractivity contribution in [3.63, 3.8) is 0 Å². The van der Waals surface area contributed by atoms with Crippen LogP contribution in [0.15, 0.2) is 12.5 Å². The van der Waals surface area contributed by atoms with E-state index < -0.39 is 12.0 Å². The predicted molar refractivity (Wildman–Crippen MR) is 67.4 cm³/mol. The van der Waals surface area contributed by atoms with Crippen LogP contribution in [0.25, 0.3) is 0 Å². The standard InChI is InChI=1S/C12H18N4O3/c1-2-15-8-13-6-9(15)7-16-4-3-14-12(19)10(16)5-11(17)18/h6,8,10H,2-5,7H2,1H3,(H,14,19)(H,17,18). The molecule has 0 saturated carbocycles. The topological polar surface area (TPSA) is 87.5 Å². The van der Waals surface area contributed by atoms with Gasteiger partial charge in [0.1, 0.15) is 6.04 Å². The van der Waals surface area contributed by atoms with Crippen LogP contribution >= 0.6 is 0 Å². The number of carboxylic acid groups (broad SMARTS) is 1. The van der Waals surface area contributed by atoms with Gasteiger partial charge in [-0.2, -0.15) is 0 Å². The summed E-state index contributed by atoms with van der Waals surface area (Å²) in [5.41, 5.74) is 0.993. The number of aliphatic carboxylic acids is 1. The number of hydrogen-bond donors (Lipinski definition) is 2. The molecule has 1 aromatic heterocycles. The van der Waals surface area contributed by atoms with Crippen molar-refractivity contribution < 1.29 is 14.7 Å². The van der Waals surface area contributed by atoms with Gasteiger partial charge in [-0.05, 0) is 6.92 Å². The van der Waals surface area contributed by atoms with E-state index in [0.29, 0.717) is 19.6 Å². The van der Waals surface area contributed by atoms with Gasteiger partial charge in [0, 0.05) is 32.4 Å². The smallest absolute Gasteiger partial charge is 0.305 e. The lowest BCUT2D eigenvalue weighted by molar-refractivity contribution is -0.143. The largest absolute Gasteiger partial charge is 0.481 e. The SMILES string of the molecule is CCn1cncc1CN1CCNC(=O)C1CC(=O)O. The summed E-state index contributed by atoms with van der Waals surface area (Å²) < 4.78 is 1.99. The van der Waals surface area contributed by atoms with Crippen LogP contribution in [-0.2, 0) is 22.7 Å². The van der Waals surface area contributed by atoms with E-state index >= 15 is 0 Å². The van der Waals surface area contributed by atoms with Crippen LogP contribution < -0.4 is 5.32 Å². The molecule has 1 amide bonds. The number of carboxylic acids is 1. The average molecular weight is 266 g/mol. The molecule has 1 atom stereocenters. The van der Waals surface area contributed by atoms with E-state index in [-0.39, 0.29) is 12.3 Å². The minimum atomic E-state index is -0.962. The van der Waals surface area contributed by atoms with Gasteiger partial charge in [-0.3, -0.25) is 14.5 Å². The first-order valence-corrected chi connectivity index (χ1v) is 6.34. The average Bonchev–Trinajstić information content (AvgIpc) is 2.80. The lowest BCUT2D eigenvalue weighted by Crippen LogP contribution is -2.55. The second-order valence-electron chi connectivity index (χ2n) is 4.55. The Balaban J connectivity index is 2.11. The molecule has 2 heterocycles. The lowest BCUT2D eigenvalue weighted by Gasteiger charge is -2.34. The third kappa shape index (κ3) is 3.11. The number of piperazine rings is 1. The number of carbonyl (C=O) groups excluding carboxylic acids is 1. The monoisotopic (exact) mass is 266 g/mol. The third-order valence-electron chi connectivity index (χ3n) is 3.31. The molecule has 1 aliphatic rings. The number of rotatable bonds is 5. The molecule has 0 radical (unpaired) electrons. The number of hydrogen-bond acceptors (Lipinski definition) is 4. The van der Waals surface area contributed by atoms with Crippen LogP contribution in [0.5, 0.6) is 0 Å². The van der Waals surface area contributed by atoms with Crippen LogP contribution in [0.2, 0.25) is 0 Å². The van der Waals surface area contributed by atoms with Crippen LogP contribution in [-0.4, -0.2) is 50.6 Å². The van der Waals surface area contributed by atoms with Crippen molar-refractivity contribution in [2.24, 2.45) is 0 Å². The Morgan fingerprint density at radius 3 is 3.11 bits per heavy atom. The Morgan fingerprint density at radius 1 is 1.63 bits per heavy atom. The van der Waals surface area contributed by atoms with Crippen LogP contribution in [0.3, 0.4) is 0 Å². The number of aryl methyl sites for hydroxylation is 1. The summed E-state index contributed by atoms with van der Waals surface area (Å²) in [5.74, 6) is -1.17. The predicted octanol–water partition coefficient (Wildman–Crippen LogP) is -0.322. The normalized spacial score (nSPS) is 20.3. The molecule has 2 rings (SSSR count). The van der Waals surface area contributed by atoms with Gasteiger partial charge in [-0.25, -0.2) is 4.98 Å². The highest BCUT2D eigenvalue weighted by Crippen LogP contribution is 2.13. The van der Waals surface area contributed by atoms with Crippen molar-refractivity contribution in [3.8, 4) is 0 Å². The molecule has 7 nitrogen and oxygen atoms in total. The second kappa shape index (κ2) is 5.83. The zero-order valence-electron chi connectivity index (χ0n) is 10.9. The molecule has 1 fully saturated rings. The van der Waals surface area contributed by atoms with Crippen molar-refractivity contribution in [3.05, 3.63) is 18.2 Å². The van der Waals surface area contributed by atoms with E-state index in [2.05, 4.69) is 10.3 Å². The first kappa shape index (κ1) is 13.5. The van der Waals surface area contributed by atoms with Gasteiger partial charge < -0.3 is 15.0 Å². The van der Waals surface area contributed by atoms with Crippen molar-refractivity contribution in [2.45, 2.75) is 32.5 Å². The highest BCUT2D eigenvalue weighted by atomic mass is 16.4. The Bertz CT molecular complexity index is 471. The zero-order valence-corrected chi connectivity index (χ0v) is 10.9. The van der Waals surface area contributed by atoms with Crippen molar-refractivity contribution in [1.29, 1.82) is 0 Å². The van der Waals surface area contributed by atoms with Gasteiger partial charge in [0.2, 0.25) is 5.91 Å². The molecule has 1 aromatic rings. The number of amides is 1. The van der Waals surface area contributed by atoms with E-state index in [1.54, 1.807) is 12.5 Å². The summed E-state index contributed by atoms with van der Waals surface area (Å²) in [4.78, 5) is 28.6. The summed E-state index contributed by atoms with van der Waals surface area (Å²) >= 11 is 0. The minimum Gasteiger partial charge on any atom is -0.481 e. The molecule has 2 N–H and O–H groups in total. The molecule has 104 valence electrons. The van der Waals surface area contributed by atoms with Crippen LogP contribution in [0, 0.1) is 0 Å². The highest BCUT2D eigenvalue weighted by Gasteiger charge is 2.31. The van der Waals surface area contributed by atoms with Crippen LogP contribution in [0.4, 0.5) is 0 Å². The Labute approximate surface area is 111 Å². The maximum atomic E-state index is 11.8. The van der Waals surface area contributed by atoms with Gasteiger partial charge >= 0.3 is 5.97 Å². The van der Waals surface area contributed by atoms with E-state index in [1.807, 2.05) is 16.4 Å². The molecule has 19 heavy (non-hydrogen) atoms. The number of carbonyl (C=O) groups is 2. The number of imidazole rings is 1. The quantitative estimate of drug-likeness (QED) is 0.762. The van der Waals surface area contributed by atoms with E-state index in [9.17, 15) is 9.59 Å². The van der Waals surface area contributed by atoms with Gasteiger partial charge in [0.05, 0.1) is 18.4 Å². The fraction of sp³-hybridized carbons (Fsp3) is 0.583. The Hall–Kier alpha value is -1.89. The summed E-state index contributed by atoms with van der Waals surface area (Å²) in [6.45, 7) is 4.56. The van der Waals surface area contributed by atoms with Gasteiger partial charge in [0.15, 0.2) is 0 Å². The van der Waals surface area contributed by atoms with Gasteiger partial charge in [-0.15, -0.1) is 0 Å². The Morgan fingerprint density at radius 2 is 2.42 bits per heavy atom. The molecule has 0 spiro atoms. The van der Waals surface area contributed by atoms with Crippen LogP contribution in [0.1, 0.15) is 19.0 Å². The molecule has 1 saturated heterocycles. The lowest BCUT2D eigenvalue weighted by atomic mass is 10.1. The number of nitrogens with one attached hydrogen (secondary N) is 1. The fourth-order valence-electron chi connectivity index (χ4n) is 2.31. The van der Waals surface area contributed by atoms with E-state index in [0.717, 1.165) is 12.2 Å². The molecule has 0 bridgehead atoms. The maximum Gasteiger partial charge on any atom is 0.305 e.